The fourth-order valence-electron chi connectivity index (χ4n) is 1.04. The molecule has 1 saturated heterocycles. The van der Waals surface area contributed by atoms with Gasteiger partial charge in [0.05, 0.1) is 5.41 Å². The highest BCUT2D eigenvalue weighted by atomic mass is 32.2. The number of hydrogen-bond donors (Lipinski definition) is 1. The van der Waals surface area contributed by atoms with E-state index in [1.165, 1.54) is 0 Å². The molecule has 0 bridgehead atoms. The van der Waals surface area contributed by atoms with Crippen LogP contribution in [0.1, 0.15) is 19.8 Å². The topological polar surface area (TPSA) is 37.3 Å². The van der Waals surface area contributed by atoms with Crippen LogP contribution in [0.2, 0.25) is 0 Å². The fourth-order valence-corrected chi connectivity index (χ4v) is 2.43. The van der Waals surface area contributed by atoms with E-state index in [0.29, 0.717) is 0 Å². The molecule has 3 heteroatoms. The van der Waals surface area contributed by atoms with Gasteiger partial charge in [-0.05, 0) is 31.3 Å². The Morgan fingerprint density at radius 2 is 2.00 bits per heavy atom. The summed E-state index contributed by atoms with van der Waals surface area (Å²) < 4.78 is 0. The van der Waals surface area contributed by atoms with Crippen LogP contribution >= 0.6 is 11.8 Å². The highest BCUT2D eigenvalue weighted by molar-refractivity contribution is 7.99. The summed E-state index contributed by atoms with van der Waals surface area (Å²) in [6.07, 6.45) is 1.65. The second kappa shape index (κ2) is 2.82. The van der Waals surface area contributed by atoms with Crippen molar-refractivity contribution in [2.75, 3.05) is 11.5 Å². The minimum absolute atomic E-state index is 0.425. The Morgan fingerprint density at radius 1 is 1.50 bits per heavy atom. The number of aliphatic carboxylic acids is 1. The SMILES string of the molecule is CC1(C(=O)O)CCSCC1. The molecule has 0 spiro atoms. The van der Waals surface area contributed by atoms with E-state index in [4.69, 9.17) is 5.11 Å². The molecular formula is C7H12O2S. The predicted molar refractivity (Wildman–Crippen MR) is 42.3 cm³/mol. The molecule has 2 nitrogen and oxygen atoms in total. The van der Waals surface area contributed by atoms with Crippen molar-refractivity contribution in [2.24, 2.45) is 5.41 Å². The standard InChI is InChI=1S/C7H12O2S/c1-7(6(8)9)2-4-10-5-3-7/h2-5H2,1H3,(H,8,9). The summed E-state index contributed by atoms with van der Waals surface area (Å²) in [4.78, 5) is 10.7. The van der Waals surface area contributed by atoms with Gasteiger partial charge in [0, 0.05) is 0 Å². The molecule has 1 aliphatic rings. The molecule has 1 heterocycles. The van der Waals surface area contributed by atoms with E-state index in [1.54, 1.807) is 0 Å². The third-order valence-electron chi connectivity index (χ3n) is 2.11. The van der Waals surface area contributed by atoms with E-state index < -0.39 is 11.4 Å². The van der Waals surface area contributed by atoms with Gasteiger partial charge in [0.1, 0.15) is 0 Å². The van der Waals surface area contributed by atoms with Crippen LogP contribution in [-0.4, -0.2) is 22.6 Å². The summed E-state index contributed by atoms with van der Waals surface area (Å²) in [5, 5.41) is 8.79. The Kier molecular flexibility index (Phi) is 2.24. The molecule has 1 aliphatic heterocycles. The van der Waals surface area contributed by atoms with E-state index in [1.807, 2.05) is 18.7 Å². The van der Waals surface area contributed by atoms with Gasteiger partial charge in [0.15, 0.2) is 0 Å². The Bertz CT molecular complexity index is 139. The van der Waals surface area contributed by atoms with Gasteiger partial charge in [0.2, 0.25) is 0 Å². The van der Waals surface area contributed by atoms with Crippen molar-refractivity contribution in [3.63, 3.8) is 0 Å². The number of thioether (sulfide) groups is 1. The van der Waals surface area contributed by atoms with Crippen LogP contribution in [-0.2, 0) is 4.79 Å². The van der Waals surface area contributed by atoms with E-state index in [0.717, 1.165) is 24.3 Å². The molecule has 0 aromatic carbocycles. The third kappa shape index (κ3) is 1.45. The zero-order chi connectivity index (χ0) is 7.61. The van der Waals surface area contributed by atoms with E-state index in [2.05, 4.69) is 0 Å². The Balaban J connectivity index is 2.56. The largest absolute Gasteiger partial charge is 0.481 e. The summed E-state index contributed by atoms with van der Waals surface area (Å²) in [7, 11) is 0. The number of carbonyl (C=O) groups is 1. The lowest BCUT2D eigenvalue weighted by Gasteiger charge is -2.28. The molecule has 1 fully saturated rings. The summed E-state index contributed by atoms with van der Waals surface area (Å²) in [6.45, 7) is 1.84. The van der Waals surface area contributed by atoms with Crippen molar-refractivity contribution in [1.82, 2.24) is 0 Å². The minimum Gasteiger partial charge on any atom is -0.481 e. The zero-order valence-electron chi connectivity index (χ0n) is 6.09. The number of carboxylic acid groups (broad SMARTS) is 1. The lowest BCUT2D eigenvalue weighted by molar-refractivity contribution is -0.148. The summed E-state index contributed by atoms with van der Waals surface area (Å²) in [5.74, 6) is 1.37. The predicted octanol–water partition coefficient (Wildman–Crippen LogP) is 1.60. The maximum atomic E-state index is 10.7. The average molecular weight is 160 g/mol. The maximum Gasteiger partial charge on any atom is 0.309 e. The molecule has 0 aromatic heterocycles. The third-order valence-corrected chi connectivity index (χ3v) is 3.10. The molecule has 58 valence electrons. The first-order valence-corrected chi connectivity index (χ1v) is 4.62. The molecule has 1 N–H and O–H groups in total. The van der Waals surface area contributed by atoms with Crippen LogP contribution in [0.5, 0.6) is 0 Å². The van der Waals surface area contributed by atoms with Crippen LogP contribution in [0.3, 0.4) is 0 Å². The molecule has 0 radical (unpaired) electrons. The maximum absolute atomic E-state index is 10.7. The minimum atomic E-state index is -0.632. The molecule has 0 amide bonds. The van der Waals surface area contributed by atoms with Gasteiger partial charge in [-0.25, -0.2) is 0 Å². The van der Waals surface area contributed by atoms with Gasteiger partial charge in [0.25, 0.3) is 0 Å². The first-order valence-electron chi connectivity index (χ1n) is 3.46. The van der Waals surface area contributed by atoms with Crippen molar-refractivity contribution < 1.29 is 9.90 Å². The molecular weight excluding hydrogens is 148 g/mol. The Hall–Kier alpha value is -0.180. The smallest absolute Gasteiger partial charge is 0.309 e. The van der Waals surface area contributed by atoms with Crippen molar-refractivity contribution in [3.05, 3.63) is 0 Å². The zero-order valence-corrected chi connectivity index (χ0v) is 6.91. The highest BCUT2D eigenvalue weighted by Gasteiger charge is 2.34. The van der Waals surface area contributed by atoms with Gasteiger partial charge in [-0.3, -0.25) is 4.79 Å². The van der Waals surface area contributed by atoms with Gasteiger partial charge < -0.3 is 5.11 Å². The van der Waals surface area contributed by atoms with Crippen LogP contribution in [0, 0.1) is 5.41 Å². The van der Waals surface area contributed by atoms with Crippen LogP contribution in [0.25, 0.3) is 0 Å². The summed E-state index contributed by atoms with van der Waals surface area (Å²) in [5.41, 5.74) is -0.425. The summed E-state index contributed by atoms with van der Waals surface area (Å²) >= 11 is 1.85. The lowest BCUT2D eigenvalue weighted by Crippen LogP contribution is -2.31. The first-order chi connectivity index (χ1) is 4.65. The van der Waals surface area contributed by atoms with Gasteiger partial charge >= 0.3 is 5.97 Å². The van der Waals surface area contributed by atoms with E-state index in [-0.39, 0.29) is 0 Å². The first kappa shape index (κ1) is 7.92. The number of rotatable bonds is 1. The highest BCUT2D eigenvalue weighted by Crippen LogP contribution is 2.34. The fraction of sp³-hybridized carbons (Fsp3) is 0.857. The van der Waals surface area contributed by atoms with Gasteiger partial charge in [-0.2, -0.15) is 11.8 Å². The van der Waals surface area contributed by atoms with Crippen molar-refractivity contribution in [3.8, 4) is 0 Å². The molecule has 0 unspecified atom stereocenters. The van der Waals surface area contributed by atoms with E-state index in [9.17, 15) is 4.79 Å². The number of carboxylic acids is 1. The molecule has 0 aliphatic carbocycles. The normalized spacial score (nSPS) is 24.1. The van der Waals surface area contributed by atoms with Gasteiger partial charge in [-0.1, -0.05) is 0 Å². The summed E-state index contributed by atoms with van der Waals surface area (Å²) in [6, 6.07) is 0. The monoisotopic (exact) mass is 160 g/mol. The van der Waals surface area contributed by atoms with Crippen molar-refractivity contribution in [1.29, 1.82) is 0 Å². The Morgan fingerprint density at radius 3 is 2.30 bits per heavy atom. The lowest BCUT2D eigenvalue weighted by atomic mass is 9.84. The molecule has 0 atom stereocenters. The second-order valence-electron chi connectivity index (χ2n) is 2.98. The average Bonchev–Trinajstić information content (AvgIpc) is 1.89. The second-order valence-corrected chi connectivity index (χ2v) is 4.20. The van der Waals surface area contributed by atoms with Gasteiger partial charge in [-0.15, -0.1) is 0 Å². The quantitative estimate of drug-likeness (QED) is 0.633. The van der Waals surface area contributed by atoms with Crippen LogP contribution in [0.15, 0.2) is 0 Å². The van der Waals surface area contributed by atoms with E-state index >= 15 is 0 Å². The van der Waals surface area contributed by atoms with Crippen molar-refractivity contribution >= 4 is 17.7 Å². The van der Waals surface area contributed by atoms with Crippen LogP contribution in [0.4, 0.5) is 0 Å². The Labute approximate surface area is 65.0 Å². The number of hydrogen-bond acceptors (Lipinski definition) is 2. The molecule has 0 saturated carbocycles. The molecule has 1 rings (SSSR count). The molecule has 10 heavy (non-hydrogen) atoms. The van der Waals surface area contributed by atoms with Crippen molar-refractivity contribution in [2.45, 2.75) is 19.8 Å². The van der Waals surface area contributed by atoms with Crippen LogP contribution < -0.4 is 0 Å². The molecule has 0 aromatic rings.